The van der Waals surface area contributed by atoms with Crippen LogP contribution in [-0.2, 0) is 4.79 Å². The van der Waals surface area contributed by atoms with E-state index < -0.39 is 0 Å². The van der Waals surface area contributed by atoms with Gasteiger partial charge in [0.15, 0.2) is 5.16 Å². The van der Waals surface area contributed by atoms with E-state index >= 15 is 0 Å². The highest BCUT2D eigenvalue weighted by molar-refractivity contribution is 7.99. The summed E-state index contributed by atoms with van der Waals surface area (Å²) in [7, 11) is 1.56. The molecular formula is C19H15Cl2N3O2S. The van der Waals surface area contributed by atoms with Gasteiger partial charge >= 0.3 is 0 Å². The maximum Gasteiger partial charge on any atom is 0.234 e. The van der Waals surface area contributed by atoms with Crippen molar-refractivity contribution in [2.45, 2.75) is 5.16 Å². The van der Waals surface area contributed by atoms with Crippen molar-refractivity contribution >= 4 is 46.6 Å². The van der Waals surface area contributed by atoms with Crippen LogP contribution < -0.4 is 10.1 Å². The van der Waals surface area contributed by atoms with Gasteiger partial charge in [-0.2, -0.15) is 0 Å². The second-order valence-corrected chi connectivity index (χ2v) is 7.24. The molecule has 1 heterocycles. The zero-order chi connectivity index (χ0) is 19.2. The van der Waals surface area contributed by atoms with E-state index in [0.29, 0.717) is 32.3 Å². The number of rotatable bonds is 6. The van der Waals surface area contributed by atoms with Crippen molar-refractivity contribution in [2.24, 2.45) is 0 Å². The molecule has 0 aliphatic heterocycles. The second-order valence-electron chi connectivity index (χ2n) is 5.42. The molecule has 0 aliphatic rings. The number of hydrogen-bond acceptors (Lipinski definition) is 5. The fraction of sp³-hybridized carbons (Fsp3) is 0.105. The van der Waals surface area contributed by atoms with Crippen LogP contribution in [0.1, 0.15) is 0 Å². The van der Waals surface area contributed by atoms with E-state index in [0.717, 1.165) is 5.56 Å². The number of carbonyl (C=O) groups excluding carboxylic acids is 1. The first-order valence-corrected chi connectivity index (χ1v) is 9.64. The van der Waals surface area contributed by atoms with Gasteiger partial charge in [-0.15, -0.1) is 0 Å². The van der Waals surface area contributed by atoms with Crippen LogP contribution >= 0.6 is 35.0 Å². The molecule has 0 spiro atoms. The molecule has 3 rings (SSSR count). The zero-order valence-electron chi connectivity index (χ0n) is 14.3. The Kier molecular flexibility index (Phi) is 6.55. The molecular weight excluding hydrogens is 405 g/mol. The van der Waals surface area contributed by atoms with Gasteiger partial charge in [-0.25, -0.2) is 9.97 Å². The van der Waals surface area contributed by atoms with E-state index in [4.69, 9.17) is 27.9 Å². The molecule has 138 valence electrons. The molecule has 0 bridgehead atoms. The van der Waals surface area contributed by atoms with E-state index in [2.05, 4.69) is 15.3 Å². The molecule has 1 aromatic heterocycles. The monoisotopic (exact) mass is 419 g/mol. The number of carbonyl (C=O) groups is 1. The lowest BCUT2D eigenvalue weighted by atomic mass is 10.1. The molecule has 0 aliphatic carbocycles. The summed E-state index contributed by atoms with van der Waals surface area (Å²) in [4.78, 5) is 20.9. The number of aromatic nitrogens is 2. The number of hydrogen-bond donors (Lipinski definition) is 1. The molecule has 0 fully saturated rings. The number of methoxy groups -OCH3 is 1. The number of amides is 1. The van der Waals surface area contributed by atoms with Crippen LogP contribution in [0.25, 0.3) is 11.3 Å². The minimum atomic E-state index is -0.177. The zero-order valence-corrected chi connectivity index (χ0v) is 16.6. The first-order valence-electron chi connectivity index (χ1n) is 7.90. The summed E-state index contributed by atoms with van der Waals surface area (Å²) in [6.45, 7) is 0. The van der Waals surface area contributed by atoms with Crippen molar-refractivity contribution in [3.8, 4) is 17.0 Å². The van der Waals surface area contributed by atoms with Crippen molar-refractivity contribution in [3.63, 3.8) is 0 Å². The summed E-state index contributed by atoms with van der Waals surface area (Å²) in [6, 6.07) is 14.2. The molecule has 0 saturated heterocycles. The number of halogens is 2. The molecule has 0 saturated carbocycles. The SMILES string of the molecule is COc1ccccc1NC(=O)CSc1nccc(-c2cc(Cl)cc(Cl)c2)n1. The number of nitrogens with one attached hydrogen (secondary N) is 1. The van der Waals surface area contributed by atoms with Gasteiger partial charge in [0.1, 0.15) is 5.75 Å². The van der Waals surface area contributed by atoms with Gasteiger partial charge < -0.3 is 10.1 Å². The Morgan fingerprint density at radius 3 is 2.63 bits per heavy atom. The summed E-state index contributed by atoms with van der Waals surface area (Å²) >= 11 is 13.3. The predicted octanol–water partition coefficient (Wildman–Crippen LogP) is 5.19. The number of benzene rings is 2. The van der Waals surface area contributed by atoms with Gasteiger partial charge in [0.05, 0.1) is 24.2 Å². The molecule has 8 heteroatoms. The Balaban J connectivity index is 1.67. The minimum Gasteiger partial charge on any atom is -0.495 e. The number of nitrogens with zero attached hydrogens (tertiary/aromatic N) is 2. The molecule has 3 aromatic rings. The van der Waals surface area contributed by atoms with E-state index in [1.54, 1.807) is 49.7 Å². The van der Waals surface area contributed by atoms with E-state index in [9.17, 15) is 4.79 Å². The number of anilines is 1. The average molecular weight is 420 g/mol. The van der Waals surface area contributed by atoms with Crippen LogP contribution in [0.2, 0.25) is 10.0 Å². The quantitative estimate of drug-likeness (QED) is 0.439. The fourth-order valence-corrected chi connectivity index (χ4v) is 3.49. The first-order chi connectivity index (χ1) is 13.0. The standard InChI is InChI=1S/C19H15Cl2N3O2S/c1-26-17-5-3-2-4-16(17)23-18(25)11-27-19-22-7-6-15(24-19)12-8-13(20)10-14(21)9-12/h2-10H,11H2,1H3,(H,23,25). The summed E-state index contributed by atoms with van der Waals surface area (Å²) in [5.41, 5.74) is 2.09. The Hall–Kier alpha value is -2.28. The van der Waals surface area contributed by atoms with E-state index in [-0.39, 0.29) is 11.7 Å². The van der Waals surface area contributed by atoms with E-state index in [1.165, 1.54) is 11.8 Å². The maximum absolute atomic E-state index is 12.2. The molecule has 0 radical (unpaired) electrons. The molecule has 0 unspecified atom stereocenters. The Morgan fingerprint density at radius 1 is 1.15 bits per heavy atom. The largest absolute Gasteiger partial charge is 0.495 e. The highest BCUT2D eigenvalue weighted by Crippen LogP contribution is 2.27. The van der Waals surface area contributed by atoms with Gasteiger partial charge in [-0.05, 0) is 36.4 Å². The Morgan fingerprint density at radius 2 is 1.89 bits per heavy atom. The lowest BCUT2D eigenvalue weighted by Crippen LogP contribution is -2.14. The second kappa shape index (κ2) is 9.08. The lowest BCUT2D eigenvalue weighted by Gasteiger charge is -2.09. The van der Waals surface area contributed by atoms with Crippen molar-refractivity contribution in [1.29, 1.82) is 0 Å². The molecule has 2 aromatic carbocycles. The van der Waals surface area contributed by atoms with Crippen LogP contribution in [0.4, 0.5) is 5.69 Å². The summed E-state index contributed by atoms with van der Waals surface area (Å²) in [5.74, 6) is 0.592. The van der Waals surface area contributed by atoms with Gasteiger partial charge in [-0.3, -0.25) is 4.79 Å². The molecule has 1 N–H and O–H groups in total. The summed E-state index contributed by atoms with van der Waals surface area (Å²) < 4.78 is 5.23. The van der Waals surface area contributed by atoms with Crippen molar-refractivity contribution in [2.75, 3.05) is 18.2 Å². The maximum atomic E-state index is 12.2. The highest BCUT2D eigenvalue weighted by atomic mass is 35.5. The Labute approximate surface area is 171 Å². The Bertz CT molecular complexity index is 949. The van der Waals surface area contributed by atoms with Crippen LogP contribution in [-0.4, -0.2) is 28.7 Å². The molecule has 27 heavy (non-hydrogen) atoms. The molecule has 1 amide bonds. The molecule has 0 atom stereocenters. The number of thioether (sulfide) groups is 1. The van der Waals surface area contributed by atoms with Crippen molar-refractivity contribution in [3.05, 3.63) is 64.8 Å². The van der Waals surface area contributed by atoms with Gasteiger partial charge in [0.25, 0.3) is 0 Å². The third kappa shape index (κ3) is 5.35. The lowest BCUT2D eigenvalue weighted by molar-refractivity contribution is -0.113. The van der Waals surface area contributed by atoms with Crippen LogP contribution in [0.15, 0.2) is 59.9 Å². The van der Waals surface area contributed by atoms with Gasteiger partial charge in [0, 0.05) is 21.8 Å². The molecule has 5 nitrogen and oxygen atoms in total. The summed E-state index contributed by atoms with van der Waals surface area (Å²) in [6.07, 6.45) is 1.64. The van der Waals surface area contributed by atoms with E-state index in [1.807, 2.05) is 12.1 Å². The third-order valence-corrected chi connectivity index (χ3v) is 4.80. The van der Waals surface area contributed by atoms with Crippen molar-refractivity contribution < 1.29 is 9.53 Å². The number of para-hydroxylation sites is 2. The third-order valence-electron chi connectivity index (χ3n) is 3.51. The fourth-order valence-electron chi connectivity index (χ4n) is 2.34. The predicted molar refractivity (Wildman–Crippen MR) is 110 cm³/mol. The van der Waals surface area contributed by atoms with Gasteiger partial charge in [0.2, 0.25) is 5.91 Å². The minimum absolute atomic E-state index is 0.164. The number of ether oxygens (including phenoxy) is 1. The van der Waals surface area contributed by atoms with Gasteiger partial charge in [-0.1, -0.05) is 47.1 Å². The summed E-state index contributed by atoms with van der Waals surface area (Å²) in [5, 5.41) is 4.36. The van der Waals surface area contributed by atoms with Crippen LogP contribution in [0, 0.1) is 0 Å². The van der Waals surface area contributed by atoms with Crippen LogP contribution in [0.5, 0.6) is 5.75 Å². The van der Waals surface area contributed by atoms with Crippen molar-refractivity contribution in [1.82, 2.24) is 9.97 Å². The van der Waals surface area contributed by atoms with Crippen LogP contribution in [0.3, 0.4) is 0 Å². The average Bonchev–Trinajstić information content (AvgIpc) is 2.66. The topological polar surface area (TPSA) is 64.1 Å². The first kappa shape index (κ1) is 19.5. The smallest absolute Gasteiger partial charge is 0.234 e. The highest BCUT2D eigenvalue weighted by Gasteiger charge is 2.10. The normalized spacial score (nSPS) is 10.5.